The summed E-state index contributed by atoms with van der Waals surface area (Å²) in [7, 11) is 0. The number of hydrogen-bond acceptors (Lipinski definition) is 2. The summed E-state index contributed by atoms with van der Waals surface area (Å²) in [6, 6.07) is 0. The van der Waals surface area contributed by atoms with Gasteiger partial charge in [0.05, 0.1) is 6.61 Å². The molecule has 0 aromatic carbocycles. The SMILES string of the molecule is C#CCCCCC(=N)OCC.Cl. The number of unbranched alkanes of at least 4 members (excludes halogenated alkanes) is 2. The quantitative estimate of drug-likeness (QED) is 0.307. The highest BCUT2D eigenvalue weighted by Crippen LogP contribution is 2.00. The fourth-order valence-corrected chi connectivity index (χ4v) is 0.759. The Morgan fingerprint density at radius 1 is 1.50 bits per heavy atom. The lowest BCUT2D eigenvalue weighted by atomic mass is 10.2. The molecular formula is C9H16ClNO. The second-order valence-corrected chi connectivity index (χ2v) is 2.27. The van der Waals surface area contributed by atoms with E-state index < -0.39 is 0 Å². The lowest BCUT2D eigenvalue weighted by Crippen LogP contribution is -2.01. The Bertz CT molecular complexity index is 151. The smallest absolute Gasteiger partial charge is 0.180 e. The fraction of sp³-hybridized carbons (Fsp3) is 0.667. The molecule has 70 valence electrons. The molecule has 0 aromatic rings. The summed E-state index contributed by atoms with van der Waals surface area (Å²) in [6.45, 7) is 2.48. The fourth-order valence-electron chi connectivity index (χ4n) is 0.759. The molecule has 0 spiro atoms. The average molecular weight is 190 g/mol. The van der Waals surface area contributed by atoms with Gasteiger partial charge in [-0.25, -0.2) is 0 Å². The first-order chi connectivity index (χ1) is 5.31. The van der Waals surface area contributed by atoms with E-state index in [1.165, 1.54) is 0 Å². The van der Waals surface area contributed by atoms with Crippen LogP contribution in [0.1, 0.15) is 32.6 Å². The Hall–Kier alpha value is -0.680. The first kappa shape index (κ1) is 13.9. The lowest BCUT2D eigenvalue weighted by Gasteiger charge is -2.02. The van der Waals surface area contributed by atoms with Crippen molar-refractivity contribution < 1.29 is 4.74 Å². The Morgan fingerprint density at radius 3 is 2.67 bits per heavy atom. The van der Waals surface area contributed by atoms with Gasteiger partial charge in [-0.15, -0.1) is 24.8 Å². The van der Waals surface area contributed by atoms with Crippen molar-refractivity contribution in [2.24, 2.45) is 0 Å². The van der Waals surface area contributed by atoms with E-state index in [9.17, 15) is 0 Å². The van der Waals surface area contributed by atoms with E-state index in [0.29, 0.717) is 12.5 Å². The maximum absolute atomic E-state index is 7.25. The molecule has 0 saturated carbocycles. The monoisotopic (exact) mass is 189 g/mol. The Kier molecular flexibility index (Phi) is 11.9. The van der Waals surface area contributed by atoms with Gasteiger partial charge >= 0.3 is 0 Å². The average Bonchev–Trinajstić information content (AvgIpc) is 1.99. The van der Waals surface area contributed by atoms with Gasteiger partial charge in [0, 0.05) is 12.8 Å². The third-order valence-electron chi connectivity index (χ3n) is 1.29. The highest BCUT2D eigenvalue weighted by atomic mass is 35.5. The van der Waals surface area contributed by atoms with E-state index in [0.717, 1.165) is 25.7 Å². The second kappa shape index (κ2) is 10.3. The van der Waals surface area contributed by atoms with Crippen molar-refractivity contribution in [1.82, 2.24) is 0 Å². The summed E-state index contributed by atoms with van der Waals surface area (Å²) in [4.78, 5) is 0. The van der Waals surface area contributed by atoms with Gasteiger partial charge in [0.2, 0.25) is 0 Å². The van der Waals surface area contributed by atoms with E-state index >= 15 is 0 Å². The Morgan fingerprint density at radius 2 is 2.17 bits per heavy atom. The number of halogens is 1. The van der Waals surface area contributed by atoms with Crippen molar-refractivity contribution in [3.05, 3.63) is 0 Å². The molecule has 0 aromatic heterocycles. The number of terminal acetylenes is 1. The van der Waals surface area contributed by atoms with Gasteiger partial charge in [-0.1, -0.05) is 0 Å². The van der Waals surface area contributed by atoms with Crippen molar-refractivity contribution in [2.75, 3.05) is 6.61 Å². The van der Waals surface area contributed by atoms with Crippen LogP contribution in [-0.4, -0.2) is 12.5 Å². The first-order valence-electron chi connectivity index (χ1n) is 3.95. The largest absolute Gasteiger partial charge is 0.481 e. The minimum absolute atomic E-state index is 0. The molecule has 3 heteroatoms. The van der Waals surface area contributed by atoms with Gasteiger partial charge in [-0.05, 0) is 19.8 Å². The molecule has 0 rings (SSSR count). The van der Waals surface area contributed by atoms with Crippen molar-refractivity contribution >= 4 is 18.3 Å². The highest BCUT2D eigenvalue weighted by molar-refractivity contribution is 5.85. The molecule has 0 heterocycles. The summed E-state index contributed by atoms with van der Waals surface area (Å²) in [5, 5.41) is 7.25. The van der Waals surface area contributed by atoms with E-state index in [2.05, 4.69) is 5.92 Å². The predicted molar refractivity (Wildman–Crippen MR) is 53.9 cm³/mol. The summed E-state index contributed by atoms with van der Waals surface area (Å²) in [5.74, 6) is 2.94. The zero-order chi connectivity index (χ0) is 8.53. The van der Waals surface area contributed by atoms with Gasteiger partial charge in [-0.2, -0.15) is 0 Å². The molecule has 12 heavy (non-hydrogen) atoms. The van der Waals surface area contributed by atoms with E-state index in [1.54, 1.807) is 0 Å². The van der Waals surface area contributed by atoms with Gasteiger partial charge in [0.15, 0.2) is 5.90 Å². The van der Waals surface area contributed by atoms with Crippen LogP contribution < -0.4 is 0 Å². The molecule has 0 unspecified atom stereocenters. The Labute approximate surface area is 80.6 Å². The van der Waals surface area contributed by atoms with Gasteiger partial charge in [0.25, 0.3) is 0 Å². The summed E-state index contributed by atoms with van der Waals surface area (Å²) in [5.41, 5.74) is 0. The van der Waals surface area contributed by atoms with Crippen molar-refractivity contribution in [3.8, 4) is 12.3 Å². The van der Waals surface area contributed by atoms with Crippen LogP contribution in [0.5, 0.6) is 0 Å². The maximum atomic E-state index is 7.25. The zero-order valence-electron chi connectivity index (χ0n) is 7.43. The maximum Gasteiger partial charge on any atom is 0.180 e. The molecular weight excluding hydrogens is 174 g/mol. The molecule has 0 aliphatic heterocycles. The molecule has 0 aliphatic carbocycles. The van der Waals surface area contributed by atoms with Crippen LogP contribution in [0.2, 0.25) is 0 Å². The van der Waals surface area contributed by atoms with Crippen LogP contribution in [0.4, 0.5) is 0 Å². The molecule has 0 atom stereocenters. The van der Waals surface area contributed by atoms with Gasteiger partial charge < -0.3 is 4.74 Å². The first-order valence-corrected chi connectivity index (χ1v) is 3.95. The second-order valence-electron chi connectivity index (χ2n) is 2.27. The minimum Gasteiger partial charge on any atom is -0.481 e. The molecule has 0 bridgehead atoms. The normalized spacial score (nSPS) is 8.00. The standard InChI is InChI=1S/C9H15NO.ClH/c1-3-5-6-7-8-9(10)11-4-2;/h1,10H,4-8H2,2H3;1H. The third kappa shape index (κ3) is 9.32. The van der Waals surface area contributed by atoms with Crippen molar-refractivity contribution in [3.63, 3.8) is 0 Å². The van der Waals surface area contributed by atoms with Crippen LogP contribution in [0.15, 0.2) is 0 Å². The summed E-state index contributed by atoms with van der Waals surface area (Å²) < 4.78 is 4.95. The van der Waals surface area contributed by atoms with E-state index in [4.69, 9.17) is 16.6 Å². The number of rotatable bonds is 5. The topological polar surface area (TPSA) is 33.1 Å². The van der Waals surface area contributed by atoms with E-state index in [1.807, 2.05) is 6.92 Å². The van der Waals surface area contributed by atoms with Crippen LogP contribution in [0.3, 0.4) is 0 Å². The van der Waals surface area contributed by atoms with Crippen molar-refractivity contribution in [2.45, 2.75) is 32.6 Å². The molecule has 2 nitrogen and oxygen atoms in total. The van der Waals surface area contributed by atoms with Crippen molar-refractivity contribution in [1.29, 1.82) is 5.41 Å². The third-order valence-corrected chi connectivity index (χ3v) is 1.29. The van der Waals surface area contributed by atoms with Crippen LogP contribution in [0, 0.1) is 17.8 Å². The number of ether oxygens (including phenoxy) is 1. The molecule has 0 fully saturated rings. The van der Waals surface area contributed by atoms with Gasteiger partial charge in [-0.3, -0.25) is 5.41 Å². The summed E-state index contributed by atoms with van der Waals surface area (Å²) >= 11 is 0. The number of nitrogens with one attached hydrogen (secondary N) is 1. The van der Waals surface area contributed by atoms with E-state index in [-0.39, 0.29) is 12.4 Å². The number of hydrogen-bond donors (Lipinski definition) is 1. The predicted octanol–water partition coefficient (Wildman–Crippen LogP) is 2.62. The Balaban J connectivity index is 0. The van der Waals surface area contributed by atoms with Gasteiger partial charge in [0.1, 0.15) is 0 Å². The molecule has 0 aliphatic rings. The molecule has 0 radical (unpaired) electrons. The lowest BCUT2D eigenvalue weighted by molar-refractivity contribution is 0.312. The summed E-state index contributed by atoms with van der Waals surface area (Å²) in [6.07, 6.45) is 8.55. The zero-order valence-corrected chi connectivity index (χ0v) is 8.25. The van der Waals surface area contributed by atoms with Crippen LogP contribution in [0.25, 0.3) is 0 Å². The highest BCUT2D eigenvalue weighted by Gasteiger charge is 1.94. The minimum atomic E-state index is 0. The van der Waals surface area contributed by atoms with Crippen LogP contribution >= 0.6 is 12.4 Å². The van der Waals surface area contributed by atoms with Crippen LogP contribution in [-0.2, 0) is 4.74 Å². The molecule has 0 saturated heterocycles. The molecule has 1 N–H and O–H groups in total. The molecule has 0 amide bonds.